The molecule has 2 amide bonds. The average Bonchev–Trinajstić information content (AvgIpc) is 3.01. The molecule has 1 aliphatic heterocycles. The van der Waals surface area contributed by atoms with E-state index >= 15 is 0 Å². The van der Waals surface area contributed by atoms with Crippen LogP contribution in [0.1, 0.15) is 36.8 Å². The number of nitrogen functional groups attached to an aromatic ring is 1. The van der Waals surface area contributed by atoms with E-state index in [1.54, 1.807) is 71.6 Å². The first-order valence-corrected chi connectivity index (χ1v) is 16.2. The zero-order valence-corrected chi connectivity index (χ0v) is 25.5. The van der Waals surface area contributed by atoms with E-state index in [1.807, 2.05) is 0 Å². The summed E-state index contributed by atoms with van der Waals surface area (Å²) in [6.45, 7) is 1.92. The predicted octanol–water partition coefficient (Wildman–Crippen LogP) is 2.40. The van der Waals surface area contributed by atoms with Crippen molar-refractivity contribution in [3.05, 3.63) is 83.9 Å². The first-order chi connectivity index (χ1) is 21.1. The molecular formula is C32H41N7O4S. The van der Waals surface area contributed by atoms with Crippen molar-refractivity contribution in [2.45, 2.75) is 43.0 Å². The number of carbonyl (C=O) groups excluding carboxylic acids is 2. The van der Waals surface area contributed by atoms with Crippen LogP contribution in [0.15, 0.2) is 77.7 Å². The first-order valence-electron chi connectivity index (χ1n) is 14.7. The van der Waals surface area contributed by atoms with Crippen molar-refractivity contribution in [1.29, 1.82) is 5.41 Å². The molecule has 4 rings (SSSR count). The Balaban J connectivity index is 1.57. The van der Waals surface area contributed by atoms with Gasteiger partial charge in [0.15, 0.2) is 0 Å². The average molecular weight is 620 g/mol. The molecule has 1 saturated heterocycles. The van der Waals surface area contributed by atoms with Gasteiger partial charge >= 0.3 is 0 Å². The van der Waals surface area contributed by atoms with E-state index in [1.165, 1.54) is 6.07 Å². The Hall–Kier alpha value is -4.10. The number of piperidine rings is 1. The molecule has 9 N–H and O–H groups in total. The normalized spacial score (nSPS) is 14.6. The molecule has 3 aromatic carbocycles. The number of amidine groups is 1. The zero-order chi connectivity index (χ0) is 31.7. The third kappa shape index (κ3) is 8.73. The molecule has 1 heterocycles. The fourth-order valence-electron chi connectivity index (χ4n) is 5.38. The number of nitrogens with zero attached hydrogens (tertiary/aromatic N) is 1. The van der Waals surface area contributed by atoms with E-state index in [2.05, 4.69) is 10.0 Å². The Labute approximate surface area is 258 Å². The number of hydrogen-bond acceptors (Lipinski definition) is 7. The summed E-state index contributed by atoms with van der Waals surface area (Å²) in [6, 6.07) is 19.4. The van der Waals surface area contributed by atoms with Crippen LogP contribution in [0.2, 0.25) is 0 Å². The number of benzene rings is 3. The van der Waals surface area contributed by atoms with Crippen LogP contribution in [0.4, 0.5) is 5.69 Å². The number of hydrogen-bond donors (Lipinski definition) is 6. The zero-order valence-electron chi connectivity index (χ0n) is 24.7. The van der Waals surface area contributed by atoms with Gasteiger partial charge < -0.3 is 27.4 Å². The monoisotopic (exact) mass is 619 g/mol. The second-order valence-electron chi connectivity index (χ2n) is 11.0. The van der Waals surface area contributed by atoms with Crippen LogP contribution in [0.3, 0.4) is 0 Å². The largest absolute Gasteiger partial charge is 0.384 e. The molecule has 1 fully saturated rings. The van der Waals surface area contributed by atoms with Gasteiger partial charge in [-0.2, -0.15) is 4.72 Å². The summed E-state index contributed by atoms with van der Waals surface area (Å²) in [5.74, 6) is -0.140. The lowest BCUT2D eigenvalue weighted by molar-refractivity contribution is -0.134. The molecule has 3 aromatic rings. The van der Waals surface area contributed by atoms with Crippen LogP contribution in [0.25, 0.3) is 11.1 Å². The van der Waals surface area contributed by atoms with Crippen molar-refractivity contribution in [3.8, 4) is 11.1 Å². The lowest BCUT2D eigenvalue weighted by Gasteiger charge is -2.34. The van der Waals surface area contributed by atoms with Crippen molar-refractivity contribution in [3.63, 3.8) is 0 Å². The quantitative estimate of drug-likeness (QED) is 0.125. The Bertz CT molecular complexity index is 1570. The van der Waals surface area contributed by atoms with Crippen LogP contribution in [0.5, 0.6) is 0 Å². The van der Waals surface area contributed by atoms with Gasteiger partial charge in [0, 0.05) is 37.3 Å². The number of likely N-dealkylation sites (tertiary alicyclic amines) is 1. The van der Waals surface area contributed by atoms with E-state index in [4.69, 9.17) is 22.6 Å². The van der Waals surface area contributed by atoms with Gasteiger partial charge in [-0.1, -0.05) is 42.5 Å². The summed E-state index contributed by atoms with van der Waals surface area (Å²) in [4.78, 5) is 27.4. The Morgan fingerprint density at radius 3 is 2.30 bits per heavy atom. The third-order valence-electron chi connectivity index (χ3n) is 7.79. The molecule has 0 saturated carbocycles. The minimum atomic E-state index is -4.12. The highest BCUT2D eigenvalue weighted by molar-refractivity contribution is 7.89. The number of sulfonamides is 1. The second-order valence-corrected chi connectivity index (χ2v) is 12.7. The summed E-state index contributed by atoms with van der Waals surface area (Å²) in [7, 11) is -4.12. The summed E-state index contributed by atoms with van der Waals surface area (Å²) in [5.41, 5.74) is 20.0. The SMILES string of the molecule is N=C(N)c1cccc(C[C@H](NS(=O)(=O)c2cccc(-c3ccc(NC(=O)CCN)cc3)c2)C(=O)N2CCC(CCN)CC2)c1. The highest BCUT2D eigenvalue weighted by atomic mass is 32.2. The minimum absolute atomic E-state index is 0.0206. The lowest BCUT2D eigenvalue weighted by Crippen LogP contribution is -2.51. The van der Waals surface area contributed by atoms with E-state index in [-0.39, 0.29) is 41.9 Å². The summed E-state index contributed by atoms with van der Waals surface area (Å²) in [6.07, 6.45) is 2.85. The van der Waals surface area contributed by atoms with E-state index in [0.717, 1.165) is 24.8 Å². The molecule has 0 bridgehead atoms. The van der Waals surface area contributed by atoms with Crippen molar-refractivity contribution in [2.24, 2.45) is 23.1 Å². The van der Waals surface area contributed by atoms with Gasteiger partial charge in [0.2, 0.25) is 21.8 Å². The number of carbonyl (C=O) groups is 2. The van der Waals surface area contributed by atoms with E-state index in [0.29, 0.717) is 47.9 Å². The van der Waals surface area contributed by atoms with Crippen LogP contribution in [0, 0.1) is 11.3 Å². The molecular weight excluding hydrogens is 578 g/mol. The molecule has 0 spiro atoms. The molecule has 1 aliphatic rings. The van der Waals surface area contributed by atoms with Crippen molar-refractivity contribution >= 4 is 33.4 Å². The third-order valence-corrected chi connectivity index (χ3v) is 9.26. The molecule has 0 radical (unpaired) electrons. The number of nitrogens with two attached hydrogens (primary N) is 3. The summed E-state index contributed by atoms with van der Waals surface area (Å²) >= 11 is 0. The van der Waals surface area contributed by atoms with Gasteiger partial charge in [0.05, 0.1) is 4.90 Å². The molecule has 1 atom stereocenters. The first kappa shape index (κ1) is 32.8. The van der Waals surface area contributed by atoms with Gasteiger partial charge in [0.1, 0.15) is 11.9 Å². The predicted molar refractivity (Wildman–Crippen MR) is 172 cm³/mol. The Kier molecular flexibility index (Phi) is 11.2. The van der Waals surface area contributed by atoms with Gasteiger partial charge in [-0.25, -0.2) is 8.42 Å². The number of anilines is 1. The Morgan fingerprint density at radius 1 is 0.932 bits per heavy atom. The standard InChI is InChI=1S/C32H41N7O4S/c33-15-11-22-13-17-39(18-14-22)32(41)29(20-23-3-1-5-26(19-23)31(35)36)38-44(42,43)28-6-2-4-25(21-28)24-7-9-27(10-8-24)37-30(40)12-16-34/h1-10,19,21-22,29,38H,11-18,20,33-34H2,(H3,35,36)(H,37,40)/t29-/m0/s1. The van der Waals surface area contributed by atoms with Crippen LogP contribution in [-0.2, 0) is 26.0 Å². The van der Waals surface area contributed by atoms with Crippen LogP contribution < -0.4 is 27.2 Å². The molecule has 0 aliphatic carbocycles. The van der Waals surface area contributed by atoms with Gasteiger partial charge in [-0.15, -0.1) is 0 Å². The highest BCUT2D eigenvalue weighted by Gasteiger charge is 2.32. The minimum Gasteiger partial charge on any atom is -0.384 e. The molecule has 12 heteroatoms. The van der Waals surface area contributed by atoms with Crippen molar-refractivity contribution in [1.82, 2.24) is 9.62 Å². The number of rotatable bonds is 13. The topological polar surface area (TPSA) is 197 Å². The maximum absolute atomic E-state index is 13.8. The van der Waals surface area contributed by atoms with Gasteiger partial charge in [0.25, 0.3) is 0 Å². The van der Waals surface area contributed by atoms with Crippen LogP contribution >= 0.6 is 0 Å². The maximum Gasteiger partial charge on any atom is 0.241 e. The Morgan fingerprint density at radius 2 is 1.64 bits per heavy atom. The van der Waals surface area contributed by atoms with Gasteiger partial charge in [-0.05, 0) is 85.2 Å². The molecule has 0 aromatic heterocycles. The summed E-state index contributed by atoms with van der Waals surface area (Å²) < 4.78 is 30.2. The maximum atomic E-state index is 13.8. The van der Waals surface area contributed by atoms with E-state index in [9.17, 15) is 18.0 Å². The van der Waals surface area contributed by atoms with Crippen molar-refractivity contribution < 1.29 is 18.0 Å². The lowest BCUT2D eigenvalue weighted by atomic mass is 9.93. The number of nitrogens with one attached hydrogen (secondary N) is 3. The van der Waals surface area contributed by atoms with Crippen molar-refractivity contribution in [2.75, 3.05) is 31.5 Å². The second kappa shape index (κ2) is 15.1. The van der Waals surface area contributed by atoms with E-state index < -0.39 is 16.1 Å². The highest BCUT2D eigenvalue weighted by Crippen LogP contribution is 2.25. The smallest absolute Gasteiger partial charge is 0.241 e. The molecule has 0 unspecified atom stereocenters. The molecule has 11 nitrogen and oxygen atoms in total. The fraction of sp³-hybridized carbons (Fsp3) is 0.344. The molecule has 234 valence electrons. The molecule has 44 heavy (non-hydrogen) atoms. The van der Waals surface area contributed by atoms with Gasteiger partial charge in [-0.3, -0.25) is 15.0 Å². The fourth-order valence-corrected chi connectivity index (χ4v) is 6.61. The summed E-state index contributed by atoms with van der Waals surface area (Å²) in [5, 5.41) is 10.5. The van der Waals surface area contributed by atoms with Crippen LogP contribution in [-0.4, -0.2) is 63.2 Å². The number of amides is 2.